The third-order valence-electron chi connectivity index (χ3n) is 6.38. The van der Waals surface area contributed by atoms with Gasteiger partial charge in [-0.05, 0) is 54.7 Å². The third kappa shape index (κ3) is 1.86. The summed E-state index contributed by atoms with van der Waals surface area (Å²) in [7, 11) is 0. The Labute approximate surface area is 145 Å². The van der Waals surface area contributed by atoms with Crippen molar-refractivity contribution >= 4 is 29.1 Å². The first-order valence-corrected chi connectivity index (χ1v) is 8.97. The number of imide groups is 1. The van der Waals surface area contributed by atoms with E-state index in [1.54, 1.807) is 0 Å². The van der Waals surface area contributed by atoms with E-state index in [2.05, 4.69) is 17.5 Å². The minimum atomic E-state index is -0.126. The highest BCUT2D eigenvalue weighted by atomic mass is 35.5. The minimum Gasteiger partial charge on any atom is -0.367 e. The van der Waals surface area contributed by atoms with Gasteiger partial charge >= 0.3 is 0 Å². The van der Waals surface area contributed by atoms with Crippen LogP contribution in [-0.2, 0) is 9.59 Å². The topological polar surface area (TPSA) is 49.4 Å². The second-order valence-electron chi connectivity index (χ2n) is 7.55. The van der Waals surface area contributed by atoms with Gasteiger partial charge in [-0.3, -0.25) is 14.5 Å². The molecule has 6 atom stereocenters. The maximum Gasteiger partial charge on any atom is 0.235 e. The highest BCUT2D eigenvalue weighted by molar-refractivity contribution is 6.30. The Morgan fingerprint density at radius 1 is 1.12 bits per heavy atom. The molecule has 2 bridgehead atoms. The average Bonchev–Trinajstić information content (AvgIpc) is 3.35. The summed E-state index contributed by atoms with van der Waals surface area (Å²) in [6, 6.07) is 5.59. The Bertz CT molecular complexity index is 754. The lowest BCUT2D eigenvalue weighted by molar-refractivity contribution is -0.139. The molecule has 1 aromatic carbocycles. The van der Waals surface area contributed by atoms with Gasteiger partial charge in [0.2, 0.25) is 11.8 Å². The molecule has 6 rings (SSSR count). The number of amides is 2. The summed E-state index contributed by atoms with van der Waals surface area (Å²) in [4.78, 5) is 27.2. The summed E-state index contributed by atoms with van der Waals surface area (Å²) in [5.41, 5.74) is 1.90. The van der Waals surface area contributed by atoms with Crippen molar-refractivity contribution in [3.63, 3.8) is 0 Å². The number of aryl methyl sites for hydroxylation is 1. The third-order valence-corrected chi connectivity index (χ3v) is 6.62. The molecule has 0 radical (unpaired) electrons. The summed E-state index contributed by atoms with van der Waals surface area (Å²) in [6.07, 6.45) is 5.59. The highest BCUT2D eigenvalue weighted by Crippen LogP contribution is 2.65. The summed E-state index contributed by atoms with van der Waals surface area (Å²) < 4.78 is 0. The molecule has 24 heavy (non-hydrogen) atoms. The van der Waals surface area contributed by atoms with Gasteiger partial charge in [0.15, 0.2) is 0 Å². The fraction of sp³-hybridized carbons (Fsp3) is 0.474. The van der Waals surface area contributed by atoms with E-state index in [-0.39, 0.29) is 42.2 Å². The lowest BCUT2D eigenvalue weighted by atomic mass is 9.63. The van der Waals surface area contributed by atoms with Crippen molar-refractivity contribution in [2.75, 3.05) is 12.0 Å². The molecule has 2 saturated carbocycles. The van der Waals surface area contributed by atoms with Crippen LogP contribution in [0.2, 0.25) is 5.02 Å². The normalized spacial score (nSPS) is 38.3. The zero-order chi connectivity index (χ0) is 16.6. The van der Waals surface area contributed by atoms with Gasteiger partial charge in [-0.2, -0.15) is 0 Å². The van der Waals surface area contributed by atoms with Crippen molar-refractivity contribution in [1.29, 1.82) is 0 Å². The van der Waals surface area contributed by atoms with Crippen LogP contribution in [0, 0.1) is 42.4 Å². The molecule has 1 aliphatic heterocycles. The quantitative estimate of drug-likeness (QED) is 0.678. The van der Waals surface area contributed by atoms with Crippen LogP contribution >= 0.6 is 11.6 Å². The number of allylic oxidation sites excluding steroid dienone is 2. The van der Waals surface area contributed by atoms with Crippen LogP contribution in [0.5, 0.6) is 0 Å². The Morgan fingerprint density at radius 2 is 1.75 bits per heavy atom. The van der Waals surface area contributed by atoms with Crippen LogP contribution < -0.4 is 5.32 Å². The van der Waals surface area contributed by atoms with Crippen molar-refractivity contribution in [3.05, 3.63) is 40.9 Å². The van der Waals surface area contributed by atoms with Crippen LogP contribution in [0.25, 0.3) is 0 Å². The standard InChI is InChI=1S/C19H19ClN2O2/c1-9-2-3-10(20)6-15(9)21-8-22-18(23)16-11-4-5-12(14-7-13(11)14)17(16)19(22)24/h2-6,11-14,16-17,21H,7-8H2,1H3/t11-,12-,13-,14-,16-,17+/m0/s1. The monoisotopic (exact) mass is 342 g/mol. The van der Waals surface area contributed by atoms with Gasteiger partial charge in [-0.15, -0.1) is 0 Å². The van der Waals surface area contributed by atoms with Crippen molar-refractivity contribution in [1.82, 2.24) is 4.90 Å². The summed E-state index contributed by atoms with van der Waals surface area (Å²) >= 11 is 6.04. The molecule has 2 amide bonds. The number of anilines is 1. The molecule has 1 saturated heterocycles. The molecule has 4 aliphatic carbocycles. The number of halogens is 1. The van der Waals surface area contributed by atoms with Crippen molar-refractivity contribution in [3.8, 4) is 0 Å². The Balaban J connectivity index is 1.38. The van der Waals surface area contributed by atoms with E-state index < -0.39 is 0 Å². The lowest BCUT2D eigenvalue weighted by Crippen LogP contribution is -2.40. The van der Waals surface area contributed by atoms with Crippen LogP contribution in [0.1, 0.15) is 12.0 Å². The Morgan fingerprint density at radius 3 is 2.38 bits per heavy atom. The van der Waals surface area contributed by atoms with Gasteiger partial charge in [-0.1, -0.05) is 29.8 Å². The molecular formula is C19H19ClN2O2. The smallest absolute Gasteiger partial charge is 0.235 e. The average molecular weight is 343 g/mol. The number of nitrogens with zero attached hydrogens (tertiary/aromatic N) is 1. The largest absolute Gasteiger partial charge is 0.367 e. The highest BCUT2D eigenvalue weighted by Gasteiger charge is 2.66. The number of likely N-dealkylation sites (tertiary alicyclic amines) is 1. The maximum absolute atomic E-state index is 12.9. The molecule has 0 unspecified atom stereocenters. The number of hydrogen-bond donors (Lipinski definition) is 1. The van der Waals surface area contributed by atoms with E-state index >= 15 is 0 Å². The summed E-state index contributed by atoms with van der Waals surface area (Å²) in [5.74, 6) is 1.58. The van der Waals surface area contributed by atoms with E-state index in [1.807, 2.05) is 25.1 Å². The van der Waals surface area contributed by atoms with Gasteiger partial charge in [0.05, 0.1) is 18.5 Å². The molecule has 5 heteroatoms. The number of rotatable bonds is 3. The maximum atomic E-state index is 12.9. The molecule has 1 N–H and O–H groups in total. The number of benzene rings is 1. The van der Waals surface area contributed by atoms with E-state index in [9.17, 15) is 9.59 Å². The second-order valence-corrected chi connectivity index (χ2v) is 7.99. The van der Waals surface area contributed by atoms with Gasteiger partial charge in [0.1, 0.15) is 0 Å². The van der Waals surface area contributed by atoms with Crippen molar-refractivity contribution in [2.24, 2.45) is 35.5 Å². The Kier molecular flexibility index (Phi) is 2.94. The van der Waals surface area contributed by atoms with Crippen LogP contribution in [0.3, 0.4) is 0 Å². The van der Waals surface area contributed by atoms with Crippen LogP contribution in [0.15, 0.2) is 30.4 Å². The van der Waals surface area contributed by atoms with E-state index in [4.69, 9.17) is 11.6 Å². The van der Waals surface area contributed by atoms with Crippen LogP contribution in [-0.4, -0.2) is 23.4 Å². The van der Waals surface area contributed by atoms with Gasteiger partial charge in [-0.25, -0.2) is 0 Å². The number of carbonyl (C=O) groups is 2. The first-order valence-electron chi connectivity index (χ1n) is 8.60. The number of hydrogen-bond acceptors (Lipinski definition) is 3. The summed E-state index contributed by atoms with van der Waals surface area (Å²) in [5, 5.41) is 3.86. The zero-order valence-electron chi connectivity index (χ0n) is 13.4. The molecule has 5 aliphatic rings. The van der Waals surface area contributed by atoms with E-state index in [1.165, 1.54) is 11.3 Å². The predicted molar refractivity (Wildman–Crippen MR) is 91.2 cm³/mol. The molecule has 0 spiro atoms. The molecule has 4 nitrogen and oxygen atoms in total. The fourth-order valence-electron chi connectivity index (χ4n) is 5.12. The summed E-state index contributed by atoms with van der Waals surface area (Å²) in [6.45, 7) is 2.20. The SMILES string of the molecule is Cc1ccc(Cl)cc1NCN1C(=O)[C@@H]2[C@H]3C=C[C@@H]([C@@H]4C[C@@H]34)[C@@H]2C1=O. The van der Waals surface area contributed by atoms with Crippen molar-refractivity contribution in [2.45, 2.75) is 13.3 Å². The van der Waals surface area contributed by atoms with Crippen LogP contribution in [0.4, 0.5) is 5.69 Å². The Hall–Kier alpha value is -1.81. The van der Waals surface area contributed by atoms with Gasteiger partial charge in [0, 0.05) is 10.7 Å². The number of nitrogens with one attached hydrogen (secondary N) is 1. The predicted octanol–water partition coefficient (Wildman–Crippen LogP) is 3.07. The van der Waals surface area contributed by atoms with Crippen molar-refractivity contribution < 1.29 is 9.59 Å². The molecule has 0 aromatic heterocycles. The second kappa shape index (κ2) is 4.85. The zero-order valence-corrected chi connectivity index (χ0v) is 14.2. The molecular weight excluding hydrogens is 324 g/mol. The molecule has 1 heterocycles. The van der Waals surface area contributed by atoms with Gasteiger partial charge in [0.25, 0.3) is 0 Å². The van der Waals surface area contributed by atoms with Gasteiger partial charge < -0.3 is 5.32 Å². The fourth-order valence-corrected chi connectivity index (χ4v) is 5.30. The van der Waals surface area contributed by atoms with E-state index in [0.717, 1.165) is 11.3 Å². The molecule has 3 fully saturated rings. The molecule has 124 valence electrons. The minimum absolute atomic E-state index is 0.00174. The molecule has 1 aromatic rings. The lowest BCUT2D eigenvalue weighted by Gasteiger charge is -2.37. The first-order chi connectivity index (χ1) is 11.6. The van der Waals surface area contributed by atoms with E-state index in [0.29, 0.717) is 16.9 Å². The number of carbonyl (C=O) groups excluding carboxylic acids is 2. The first kappa shape index (κ1) is 14.5.